The molecule has 3 rings (SSSR count). The first-order chi connectivity index (χ1) is 12.4. The summed E-state index contributed by atoms with van der Waals surface area (Å²) in [6, 6.07) is 10.4. The van der Waals surface area contributed by atoms with Crippen molar-refractivity contribution in [3.05, 3.63) is 58.9 Å². The summed E-state index contributed by atoms with van der Waals surface area (Å²) in [5, 5.41) is 11.6. The molecule has 0 amide bonds. The van der Waals surface area contributed by atoms with Gasteiger partial charge in [-0.15, -0.1) is 5.10 Å². The van der Waals surface area contributed by atoms with E-state index in [-0.39, 0.29) is 0 Å². The fourth-order valence-corrected chi connectivity index (χ4v) is 2.48. The number of nitrogens with zero attached hydrogens (tertiary/aromatic N) is 4. The summed E-state index contributed by atoms with van der Waals surface area (Å²) in [5.41, 5.74) is 2.53. The lowest BCUT2D eigenvalue weighted by atomic mass is 10.1. The SMILES string of the molecule is Cc1cc(O[C@H](C)C(=O)Oc2ccc(-n3cnnn3)cc2)cc(C)c1Cl. The molecule has 0 aliphatic rings. The Labute approximate surface area is 155 Å². The molecule has 1 atom stereocenters. The minimum Gasteiger partial charge on any atom is -0.479 e. The molecule has 0 aliphatic carbocycles. The number of rotatable bonds is 5. The van der Waals surface area contributed by atoms with Crippen molar-refractivity contribution in [1.29, 1.82) is 0 Å². The normalized spacial score (nSPS) is 11.8. The molecule has 3 aromatic rings. The van der Waals surface area contributed by atoms with Crippen LogP contribution >= 0.6 is 11.6 Å². The summed E-state index contributed by atoms with van der Waals surface area (Å²) in [7, 11) is 0. The molecule has 1 aromatic heterocycles. The molecule has 134 valence electrons. The van der Waals surface area contributed by atoms with E-state index < -0.39 is 12.1 Å². The standard InChI is InChI=1S/C18H17ClN4O3/c1-11-8-16(9-12(2)17(11)19)25-13(3)18(24)26-15-6-4-14(5-7-15)23-10-20-21-22-23/h4-10,13H,1-3H3/t13-/m1/s1. The Balaban J connectivity index is 1.64. The fourth-order valence-electron chi connectivity index (χ4n) is 2.37. The van der Waals surface area contributed by atoms with E-state index in [2.05, 4.69) is 15.5 Å². The molecular formula is C18H17ClN4O3. The second-order valence-electron chi connectivity index (χ2n) is 5.80. The van der Waals surface area contributed by atoms with Gasteiger partial charge in [-0.2, -0.15) is 0 Å². The minimum atomic E-state index is -0.769. The van der Waals surface area contributed by atoms with Gasteiger partial charge in [0.2, 0.25) is 0 Å². The third-order valence-corrected chi connectivity index (χ3v) is 4.32. The largest absolute Gasteiger partial charge is 0.479 e. The molecule has 7 nitrogen and oxygen atoms in total. The maximum atomic E-state index is 12.3. The lowest BCUT2D eigenvalue weighted by molar-refractivity contribution is -0.141. The number of hydrogen-bond acceptors (Lipinski definition) is 6. The monoisotopic (exact) mass is 372 g/mol. The smallest absolute Gasteiger partial charge is 0.352 e. The number of esters is 1. The van der Waals surface area contributed by atoms with Crippen molar-refractivity contribution >= 4 is 17.6 Å². The van der Waals surface area contributed by atoms with Gasteiger partial charge in [0.15, 0.2) is 6.10 Å². The summed E-state index contributed by atoms with van der Waals surface area (Å²) in [5.74, 6) is 0.485. The van der Waals surface area contributed by atoms with E-state index in [1.54, 1.807) is 43.3 Å². The number of tetrazole rings is 1. The number of halogens is 1. The van der Waals surface area contributed by atoms with Crippen molar-refractivity contribution in [3.8, 4) is 17.2 Å². The van der Waals surface area contributed by atoms with Crippen LogP contribution < -0.4 is 9.47 Å². The van der Waals surface area contributed by atoms with Crippen LogP contribution in [0.4, 0.5) is 0 Å². The topological polar surface area (TPSA) is 79.1 Å². The van der Waals surface area contributed by atoms with Crippen LogP contribution in [-0.2, 0) is 4.79 Å². The minimum absolute atomic E-state index is 0.408. The molecule has 0 spiro atoms. The second kappa shape index (κ2) is 7.53. The highest BCUT2D eigenvalue weighted by Crippen LogP contribution is 2.26. The molecule has 0 aliphatic heterocycles. The van der Waals surface area contributed by atoms with Crippen molar-refractivity contribution < 1.29 is 14.3 Å². The van der Waals surface area contributed by atoms with Crippen LogP contribution in [0.25, 0.3) is 5.69 Å². The first-order valence-electron chi connectivity index (χ1n) is 7.92. The third-order valence-electron chi connectivity index (χ3n) is 3.72. The van der Waals surface area contributed by atoms with Crippen molar-refractivity contribution in [3.63, 3.8) is 0 Å². The third kappa shape index (κ3) is 4.00. The lowest BCUT2D eigenvalue weighted by Gasteiger charge is -2.15. The van der Waals surface area contributed by atoms with Crippen LogP contribution in [0.3, 0.4) is 0 Å². The summed E-state index contributed by atoms with van der Waals surface area (Å²) < 4.78 is 12.5. The van der Waals surface area contributed by atoms with Gasteiger partial charge < -0.3 is 9.47 Å². The average molecular weight is 373 g/mol. The van der Waals surface area contributed by atoms with E-state index in [0.717, 1.165) is 16.8 Å². The zero-order valence-electron chi connectivity index (χ0n) is 14.5. The maximum absolute atomic E-state index is 12.3. The molecule has 0 saturated heterocycles. The molecule has 26 heavy (non-hydrogen) atoms. The Hall–Kier alpha value is -2.93. The van der Waals surface area contributed by atoms with Crippen LogP contribution in [0.1, 0.15) is 18.1 Å². The second-order valence-corrected chi connectivity index (χ2v) is 6.18. The van der Waals surface area contributed by atoms with Crippen LogP contribution in [0, 0.1) is 13.8 Å². The lowest BCUT2D eigenvalue weighted by Crippen LogP contribution is -2.28. The molecule has 0 unspecified atom stereocenters. The van der Waals surface area contributed by atoms with Gasteiger partial charge in [-0.1, -0.05) is 11.6 Å². The highest BCUT2D eigenvalue weighted by Gasteiger charge is 2.18. The molecule has 0 fully saturated rings. The van der Waals surface area contributed by atoms with E-state index >= 15 is 0 Å². The maximum Gasteiger partial charge on any atom is 0.352 e. The highest BCUT2D eigenvalue weighted by molar-refractivity contribution is 6.32. The molecule has 0 bridgehead atoms. The predicted molar refractivity (Wildman–Crippen MR) is 95.8 cm³/mol. The van der Waals surface area contributed by atoms with Gasteiger partial charge in [0.1, 0.15) is 17.8 Å². The Kier molecular flexibility index (Phi) is 5.18. The Morgan fingerprint density at radius 3 is 2.35 bits per heavy atom. The molecular weight excluding hydrogens is 356 g/mol. The summed E-state index contributed by atoms with van der Waals surface area (Å²) in [4.78, 5) is 12.3. The van der Waals surface area contributed by atoms with E-state index in [1.807, 2.05) is 13.8 Å². The van der Waals surface area contributed by atoms with E-state index in [4.69, 9.17) is 21.1 Å². The Morgan fingerprint density at radius 1 is 1.12 bits per heavy atom. The zero-order chi connectivity index (χ0) is 18.7. The molecule has 0 radical (unpaired) electrons. The Bertz CT molecular complexity index is 888. The number of carbonyl (C=O) groups excluding carboxylic acids is 1. The summed E-state index contributed by atoms with van der Waals surface area (Å²) in [6.45, 7) is 5.41. The van der Waals surface area contributed by atoms with Crippen molar-refractivity contribution in [2.75, 3.05) is 0 Å². The van der Waals surface area contributed by atoms with Gasteiger partial charge in [-0.25, -0.2) is 9.48 Å². The number of benzene rings is 2. The van der Waals surface area contributed by atoms with Crippen molar-refractivity contribution in [2.45, 2.75) is 26.9 Å². The quantitative estimate of drug-likeness (QED) is 0.505. The van der Waals surface area contributed by atoms with E-state index in [0.29, 0.717) is 16.5 Å². The van der Waals surface area contributed by atoms with E-state index in [9.17, 15) is 4.79 Å². The number of carbonyl (C=O) groups is 1. The van der Waals surface area contributed by atoms with Gasteiger partial charge in [0.25, 0.3) is 0 Å². The average Bonchev–Trinajstić information content (AvgIpc) is 3.15. The van der Waals surface area contributed by atoms with Crippen molar-refractivity contribution in [2.24, 2.45) is 0 Å². The first kappa shape index (κ1) is 17.9. The van der Waals surface area contributed by atoms with Crippen LogP contribution in [0.2, 0.25) is 5.02 Å². The van der Waals surface area contributed by atoms with Gasteiger partial charge in [0, 0.05) is 5.02 Å². The fraction of sp³-hybridized carbons (Fsp3) is 0.222. The highest BCUT2D eigenvalue weighted by atomic mass is 35.5. The van der Waals surface area contributed by atoms with E-state index in [1.165, 1.54) is 11.0 Å². The number of ether oxygens (including phenoxy) is 2. The zero-order valence-corrected chi connectivity index (χ0v) is 15.3. The first-order valence-corrected chi connectivity index (χ1v) is 8.30. The summed E-state index contributed by atoms with van der Waals surface area (Å²) >= 11 is 6.14. The molecule has 0 saturated carbocycles. The Morgan fingerprint density at radius 2 is 1.77 bits per heavy atom. The molecule has 2 aromatic carbocycles. The van der Waals surface area contributed by atoms with Gasteiger partial charge in [-0.3, -0.25) is 0 Å². The number of aryl methyl sites for hydroxylation is 2. The van der Waals surface area contributed by atoms with Gasteiger partial charge >= 0.3 is 5.97 Å². The number of hydrogen-bond donors (Lipinski definition) is 0. The molecule has 8 heteroatoms. The summed E-state index contributed by atoms with van der Waals surface area (Å²) in [6.07, 6.45) is 0.710. The van der Waals surface area contributed by atoms with Gasteiger partial charge in [-0.05, 0) is 78.7 Å². The van der Waals surface area contributed by atoms with Crippen LogP contribution in [0.15, 0.2) is 42.7 Å². The number of aromatic nitrogens is 4. The predicted octanol–water partition coefficient (Wildman–Crippen LogP) is 3.31. The van der Waals surface area contributed by atoms with Crippen LogP contribution in [0.5, 0.6) is 11.5 Å². The molecule has 0 N–H and O–H groups in total. The van der Waals surface area contributed by atoms with Gasteiger partial charge in [0.05, 0.1) is 5.69 Å². The van der Waals surface area contributed by atoms with Crippen LogP contribution in [-0.4, -0.2) is 32.3 Å². The van der Waals surface area contributed by atoms with Crippen molar-refractivity contribution in [1.82, 2.24) is 20.2 Å². The molecule has 1 heterocycles.